The molecule has 9 heteroatoms. The molecule has 1 saturated heterocycles. The highest BCUT2D eigenvalue weighted by Gasteiger charge is 2.30. The molecule has 1 aliphatic heterocycles. The van der Waals surface area contributed by atoms with E-state index in [1.54, 1.807) is 0 Å². The molecule has 2 aliphatic rings. The van der Waals surface area contributed by atoms with E-state index in [2.05, 4.69) is 37.1 Å². The summed E-state index contributed by atoms with van der Waals surface area (Å²) in [6.07, 6.45) is 8.12. The van der Waals surface area contributed by atoms with Crippen LogP contribution in [-0.4, -0.2) is 48.0 Å². The molecule has 0 amide bonds. The van der Waals surface area contributed by atoms with Crippen LogP contribution in [0.25, 0.3) is 11.2 Å². The maximum atomic E-state index is 6.30. The second-order valence-electron chi connectivity index (χ2n) is 7.44. The topological polar surface area (TPSA) is 85.5 Å². The van der Waals surface area contributed by atoms with E-state index in [9.17, 15) is 0 Å². The monoisotopic (exact) mass is 384 g/mol. The zero-order valence-electron chi connectivity index (χ0n) is 15.2. The molecule has 1 aliphatic carbocycles. The van der Waals surface area contributed by atoms with Crippen molar-refractivity contribution in [3.05, 3.63) is 28.9 Å². The first-order valence-electron chi connectivity index (χ1n) is 9.53. The summed E-state index contributed by atoms with van der Waals surface area (Å²) in [4.78, 5) is 20.3. The van der Waals surface area contributed by atoms with Crippen LogP contribution in [0.4, 0.5) is 5.95 Å². The van der Waals surface area contributed by atoms with Crippen molar-refractivity contribution >= 4 is 28.7 Å². The van der Waals surface area contributed by atoms with Gasteiger partial charge in [0.25, 0.3) is 0 Å². The minimum atomic E-state index is 0.408. The fourth-order valence-electron chi connectivity index (χ4n) is 3.59. The highest BCUT2D eigenvalue weighted by molar-refractivity contribution is 6.33. The third kappa shape index (κ3) is 3.22. The summed E-state index contributed by atoms with van der Waals surface area (Å²) < 4.78 is 1.88. The van der Waals surface area contributed by atoms with Gasteiger partial charge in [0.2, 0.25) is 5.95 Å². The Labute approximate surface area is 162 Å². The molecular weight excluding hydrogens is 364 g/mol. The van der Waals surface area contributed by atoms with Gasteiger partial charge < -0.3 is 4.90 Å². The average Bonchev–Trinajstić information content (AvgIpc) is 3.31. The quantitative estimate of drug-likeness (QED) is 0.625. The maximum absolute atomic E-state index is 6.30. The number of halogens is 1. The lowest BCUT2D eigenvalue weighted by molar-refractivity contribution is 0.451. The Bertz CT molecular complexity index is 965. The van der Waals surface area contributed by atoms with Crippen molar-refractivity contribution in [3.63, 3.8) is 0 Å². The first-order chi connectivity index (χ1) is 13.2. The van der Waals surface area contributed by atoms with Crippen molar-refractivity contribution < 1.29 is 0 Å². The molecule has 1 saturated carbocycles. The van der Waals surface area contributed by atoms with Crippen molar-refractivity contribution in [2.45, 2.75) is 45.1 Å². The molecule has 0 bridgehead atoms. The van der Waals surface area contributed by atoms with Crippen molar-refractivity contribution in [2.24, 2.45) is 5.92 Å². The van der Waals surface area contributed by atoms with E-state index >= 15 is 0 Å². The maximum Gasteiger partial charge on any atom is 0.225 e. The van der Waals surface area contributed by atoms with Crippen LogP contribution in [-0.2, 0) is 13.0 Å². The molecule has 4 heterocycles. The fraction of sp³-hybridized carbons (Fsp3) is 0.556. The summed E-state index contributed by atoms with van der Waals surface area (Å²) in [5.41, 5.74) is 2.50. The smallest absolute Gasteiger partial charge is 0.225 e. The Kier molecular flexibility index (Phi) is 4.15. The average molecular weight is 385 g/mol. The number of hydrogen-bond donors (Lipinski definition) is 0. The van der Waals surface area contributed by atoms with Gasteiger partial charge in [0.1, 0.15) is 5.82 Å². The summed E-state index contributed by atoms with van der Waals surface area (Å²) in [7, 11) is 0. The third-order valence-corrected chi connectivity index (χ3v) is 5.64. The van der Waals surface area contributed by atoms with Gasteiger partial charge in [-0.2, -0.15) is 0 Å². The van der Waals surface area contributed by atoms with Crippen LogP contribution in [0, 0.1) is 5.92 Å². The van der Waals surface area contributed by atoms with Crippen LogP contribution < -0.4 is 4.90 Å². The second kappa shape index (κ2) is 6.67. The molecule has 0 spiro atoms. The van der Waals surface area contributed by atoms with Gasteiger partial charge in [-0.15, -0.1) is 5.10 Å². The number of rotatable bonds is 5. The molecule has 27 heavy (non-hydrogen) atoms. The van der Waals surface area contributed by atoms with Crippen LogP contribution in [0.1, 0.15) is 43.5 Å². The van der Waals surface area contributed by atoms with E-state index in [0.29, 0.717) is 22.5 Å². The van der Waals surface area contributed by atoms with Gasteiger partial charge in [-0.05, 0) is 37.2 Å². The Hall–Kier alpha value is -2.35. The van der Waals surface area contributed by atoms with Gasteiger partial charge in [0.05, 0.1) is 0 Å². The minimum absolute atomic E-state index is 0.408. The number of anilines is 1. The minimum Gasteiger partial charge on any atom is -0.340 e. The van der Waals surface area contributed by atoms with Crippen molar-refractivity contribution in [2.75, 3.05) is 18.0 Å². The fourth-order valence-corrected chi connectivity index (χ4v) is 3.80. The zero-order valence-corrected chi connectivity index (χ0v) is 16.0. The molecule has 0 radical (unpaired) electrons. The SMILES string of the molecule is CCc1cnc(N2CC[C@@H](Cn3nnc4c(Cl)nc(C5CC5)nc43)C2)nc1. The molecule has 8 nitrogen and oxygen atoms in total. The van der Waals surface area contributed by atoms with Crippen LogP contribution in [0.5, 0.6) is 0 Å². The van der Waals surface area contributed by atoms with Gasteiger partial charge in [0, 0.05) is 37.9 Å². The van der Waals surface area contributed by atoms with E-state index in [1.807, 2.05) is 17.1 Å². The predicted molar refractivity (Wildman–Crippen MR) is 102 cm³/mol. The molecule has 140 valence electrons. The molecule has 3 aromatic rings. The summed E-state index contributed by atoms with van der Waals surface area (Å²) in [6, 6.07) is 0. The molecule has 5 rings (SSSR count). The van der Waals surface area contributed by atoms with Crippen molar-refractivity contribution in [1.29, 1.82) is 0 Å². The lowest BCUT2D eigenvalue weighted by atomic mass is 10.1. The third-order valence-electron chi connectivity index (χ3n) is 5.38. The lowest BCUT2D eigenvalue weighted by Crippen LogP contribution is -2.23. The van der Waals surface area contributed by atoms with Crippen LogP contribution in [0.2, 0.25) is 5.15 Å². The molecule has 0 unspecified atom stereocenters. The number of hydrogen-bond acceptors (Lipinski definition) is 7. The molecule has 0 N–H and O–H groups in total. The number of nitrogens with zero attached hydrogens (tertiary/aromatic N) is 8. The van der Waals surface area contributed by atoms with E-state index in [0.717, 1.165) is 68.3 Å². The van der Waals surface area contributed by atoms with E-state index in [1.165, 1.54) is 0 Å². The second-order valence-corrected chi connectivity index (χ2v) is 7.79. The van der Waals surface area contributed by atoms with Gasteiger partial charge in [0.15, 0.2) is 16.3 Å². The van der Waals surface area contributed by atoms with Crippen molar-refractivity contribution in [1.82, 2.24) is 34.9 Å². The van der Waals surface area contributed by atoms with Crippen LogP contribution in [0.3, 0.4) is 0 Å². The van der Waals surface area contributed by atoms with Crippen LogP contribution in [0.15, 0.2) is 12.4 Å². The lowest BCUT2D eigenvalue weighted by Gasteiger charge is -2.16. The molecule has 0 aromatic carbocycles. The van der Waals surface area contributed by atoms with Gasteiger partial charge >= 0.3 is 0 Å². The van der Waals surface area contributed by atoms with Gasteiger partial charge in [-0.3, -0.25) is 0 Å². The highest BCUT2D eigenvalue weighted by Crippen LogP contribution is 2.39. The molecule has 3 aromatic heterocycles. The standard InChI is InChI=1S/C18H21ClN8/c1-2-11-7-20-18(21-8-11)26-6-5-12(9-26)10-27-17-14(24-25-27)15(19)22-16(23-17)13-3-4-13/h7-8,12-13H,2-6,9-10H2,1H3/t12-/m1/s1. The van der Waals surface area contributed by atoms with Gasteiger partial charge in [-0.25, -0.2) is 24.6 Å². The first-order valence-corrected chi connectivity index (χ1v) is 9.91. The summed E-state index contributed by atoms with van der Waals surface area (Å²) in [6.45, 7) is 4.72. The van der Waals surface area contributed by atoms with E-state index in [-0.39, 0.29) is 0 Å². The highest BCUT2D eigenvalue weighted by atomic mass is 35.5. The first kappa shape index (κ1) is 16.8. The summed E-state index contributed by atoms with van der Waals surface area (Å²) >= 11 is 6.30. The van der Waals surface area contributed by atoms with Gasteiger partial charge in [-0.1, -0.05) is 23.7 Å². The van der Waals surface area contributed by atoms with E-state index < -0.39 is 0 Å². The van der Waals surface area contributed by atoms with E-state index in [4.69, 9.17) is 16.6 Å². The summed E-state index contributed by atoms with van der Waals surface area (Å²) in [5.74, 6) is 2.52. The van der Waals surface area contributed by atoms with Crippen molar-refractivity contribution in [3.8, 4) is 0 Å². The molecule has 2 fully saturated rings. The van der Waals surface area contributed by atoms with Crippen LogP contribution >= 0.6 is 11.6 Å². The number of fused-ring (bicyclic) bond motifs is 1. The Morgan fingerprint density at radius 3 is 2.70 bits per heavy atom. The molecule has 1 atom stereocenters. The Balaban J connectivity index is 1.33. The molecular formula is C18H21ClN8. The Morgan fingerprint density at radius 1 is 1.15 bits per heavy atom. The Morgan fingerprint density at radius 2 is 1.96 bits per heavy atom. The summed E-state index contributed by atoms with van der Waals surface area (Å²) in [5, 5.41) is 8.89. The largest absolute Gasteiger partial charge is 0.340 e. The number of aryl methyl sites for hydroxylation is 1. The normalized spacial score (nSPS) is 19.9. The zero-order chi connectivity index (χ0) is 18.4. The predicted octanol–water partition coefficient (Wildman–Crippen LogP) is 2.63. The number of aromatic nitrogens is 7.